The van der Waals surface area contributed by atoms with Gasteiger partial charge in [0.05, 0.1) is 17.7 Å². The number of hydrogen-bond acceptors (Lipinski definition) is 5. The van der Waals surface area contributed by atoms with Crippen molar-refractivity contribution in [3.05, 3.63) is 99.0 Å². The zero-order chi connectivity index (χ0) is 21.8. The van der Waals surface area contributed by atoms with Gasteiger partial charge >= 0.3 is 5.97 Å². The normalized spacial score (nSPS) is 14.4. The Morgan fingerprint density at radius 2 is 1.74 bits per heavy atom. The quantitative estimate of drug-likeness (QED) is 0.343. The number of halogens is 2. The fourth-order valence-electron chi connectivity index (χ4n) is 3.11. The van der Waals surface area contributed by atoms with Gasteiger partial charge in [-0.05, 0) is 29.8 Å². The molecule has 3 aromatic rings. The van der Waals surface area contributed by atoms with Gasteiger partial charge in [0, 0.05) is 16.1 Å². The van der Waals surface area contributed by atoms with E-state index >= 15 is 0 Å². The van der Waals surface area contributed by atoms with E-state index in [2.05, 4.69) is 5.16 Å². The van der Waals surface area contributed by atoms with E-state index in [1.165, 1.54) is 7.11 Å². The first-order valence-electron chi connectivity index (χ1n) is 9.37. The molecule has 0 aromatic heterocycles. The maximum atomic E-state index is 12.3. The highest BCUT2D eigenvalue weighted by atomic mass is 35.5. The number of methoxy groups -OCH3 is 1. The molecular formula is C24H17Cl2NO4. The molecule has 0 atom stereocenters. The van der Waals surface area contributed by atoms with Crippen molar-refractivity contribution >= 4 is 41.0 Å². The van der Waals surface area contributed by atoms with Gasteiger partial charge in [-0.25, -0.2) is 4.79 Å². The van der Waals surface area contributed by atoms with Crippen molar-refractivity contribution in [2.75, 3.05) is 7.11 Å². The van der Waals surface area contributed by atoms with Gasteiger partial charge in [0.1, 0.15) is 12.3 Å². The number of carbonyl (C=O) groups excluding carboxylic acids is 1. The van der Waals surface area contributed by atoms with Crippen LogP contribution < -0.4 is 9.47 Å². The Balaban J connectivity index is 1.64. The first-order valence-corrected chi connectivity index (χ1v) is 10.1. The van der Waals surface area contributed by atoms with Crippen LogP contribution in [-0.4, -0.2) is 18.8 Å². The summed E-state index contributed by atoms with van der Waals surface area (Å²) < 4.78 is 11.4. The van der Waals surface area contributed by atoms with Crippen molar-refractivity contribution < 1.29 is 19.1 Å². The second kappa shape index (κ2) is 9.25. The van der Waals surface area contributed by atoms with Gasteiger partial charge in [-0.2, -0.15) is 0 Å². The van der Waals surface area contributed by atoms with Crippen molar-refractivity contribution in [2.24, 2.45) is 5.16 Å². The van der Waals surface area contributed by atoms with Crippen LogP contribution in [0.4, 0.5) is 0 Å². The molecular weight excluding hydrogens is 437 g/mol. The van der Waals surface area contributed by atoms with E-state index in [0.29, 0.717) is 38.4 Å². The molecule has 0 saturated carbocycles. The van der Waals surface area contributed by atoms with E-state index in [1.807, 2.05) is 48.5 Å². The lowest BCUT2D eigenvalue weighted by Crippen LogP contribution is -2.06. The molecule has 156 valence electrons. The molecule has 0 aliphatic carbocycles. The maximum absolute atomic E-state index is 12.3. The average Bonchev–Trinajstić information content (AvgIpc) is 3.14. The summed E-state index contributed by atoms with van der Waals surface area (Å²) in [7, 11) is 1.52. The standard InChI is InChI=1S/C24H17Cl2NO4/c1-29-21-13-15(11-18-22(27-31-24(18)28)16-7-3-2-4-8-16)12-20(26)23(21)30-14-17-9-5-6-10-19(17)25/h2-13H,14H2,1H3/b18-11-. The van der Waals surface area contributed by atoms with E-state index in [1.54, 1.807) is 24.3 Å². The molecule has 4 rings (SSSR count). The number of carbonyl (C=O) groups is 1. The van der Waals surface area contributed by atoms with Crippen LogP contribution >= 0.6 is 23.2 Å². The highest BCUT2D eigenvalue weighted by Gasteiger charge is 2.27. The zero-order valence-corrected chi connectivity index (χ0v) is 18.0. The summed E-state index contributed by atoms with van der Waals surface area (Å²) in [5.41, 5.74) is 3.03. The van der Waals surface area contributed by atoms with Gasteiger partial charge in [-0.3, -0.25) is 0 Å². The number of benzene rings is 3. The minimum atomic E-state index is -0.534. The van der Waals surface area contributed by atoms with Crippen molar-refractivity contribution in [3.8, 4) is 11.5 Å². The van der Waals surface area contributed by atoms with E-state index in [-0.39, 0.29) is 6.61 Å². The number of oxime groups is 1. The topological polar surface area (TPSA) is 57.1 Å². The van der Waals surface area contributed by atoms with E-state index in [0.717, 1.165) is 11.1 Å². The van der Waals surface area contributed by atoms with Crippen molar-refractivity contribution in [2.45, 2.75) is 6.61 Å². The third-order valence-corrected chi connectivity index (χ3v) is 5.28. The molecule has 0 saturated heterocycles. The number of ether oxygens (including phenoxy) is 2. The van der Waals surface area contributed by atoms with Crippen molar-refractivity contribution in [3.63, 3.8) is 0 Å². The van der Waals surface area contributed by atoms with Crippen LogP contribution in [0, 0.1) is 0 Å². The van der Waals surface area contributed by atoms with Crippen LogP contribution in [0.1, 0.15) is 16.7 Å². The Morgan fingerprint density at radius 1 is 1.00 bits per heavy atom. The molecule has 0 N–H and O–H groups in total. The lowest BCUT2D eigenvalue weighted by Gasteiger charge is -2.14. The van der Waals surface area contributed by atoms with Crippen LogP contribution in [0.15, 0.2) is 77.5 Å². The molecule has 7 heteroatoms. The molecule has 1 heterocycles. The second-order valence-electron chi connectivity index (χ2n) is 6.66. The molecule has 0 radical (unpaired) electrons. The molecule has 0 unspecified atom stereocenters. The fraction of sp³-hybridized carbons (Fsp3) is 0.0833. The van der Waals surface area contributed by atoms with Crippen LogP contribution in [-0.2, 0) is 16.2 Å². The zero-order valence-electron chi connectivity index (χ0n) is 16.5. The Hall–Kier alpha value is -3.28. The summed E-state index contributed by atoms with van der Waals surface area (Å²) in [4.78, 5) is 17.1. The first kappa shape index (κ1) is 21.0. The highest BCUT2D eigenvalue weighted by molar-refractivity contribution is 6.33. The summed E-state index contributed by atoms with van der Waals surface area (Å²) in [6.45, 7) is 0.229. The van der Waals surface area contributed by atoms with Gasteiger partial charge in [-0.1, -0.05) is 76.9 Å². The number of hydrogen-bond donors (Lipinski definition) is 0. The fourth-order valence-corrected chi connectivity index (χ4v) is 3.57. The van der Waals surface area contributed by atoms with Crippen LogP contribution in [0.25, 0.3) is 6.08 Å². The highest BCUT2D eigenvalue weighted by Crippen LogP contribution is 2.38. The lowest BCUT2D eigenvalue weighted by atomic mass is 10.0. The Morgan fingerprint density at radius 3 is 2.48 bits per heavy atom. The Kier molecular flexibility index (Phi) is 6.26. The molecule has 31 heavy (non-hydrogen) atoms. The lowest BCUT2D eigenvalue weighted by molar-refractivity contribution is -0.136. The molecule has 0 bridgehead atoms. The molecule has 0 amide bonds. The Bertz CT molecular complexity index is 1190. The molecule has 3 aromatic carbocycles. The third kappa shape index (κ3) is 4.58. The van der Waals surface area contributed by atoms with E-state index < -0.39 is 5.97 Å². The predicted molar refractivity (Wildman–Crippen MR) is 121 cm³/mol. The summed E-state index contributed by atoms with van der Waals surface area (Å²) in [5.74, 6) is 0.279. The Labute approximate surface area is 189 Å². The molecule has 0 fully saturated rings. The maximum Gasteiger partial charge on any atom is 0.368 e. The van der Waals surface area contributed by atoms with Gasteiger partial charge in [0.15, 0.2) is 11.5 Å². The predicted octanol–water partition coefficient (Wildman–Crippen LogP) is 5.93. The van der Waals surface area contributed by atoms with Crippen molar-refractivity contribution in [1.29, 1.82) is 0 Å². The monoisotopic (exact) mass is 453 g/mol. The van der Waals surface area contributed by atoms with Gasteiger partial charge in [-0.15, -0.1) is 0 Å². The minimum absolute atomic E-state index is 0.229. The molecule has 5 nitrogen and oxygen atoms in total. The van der Waals surface area contributed by atoms with Crippen LogP contribution in [0.3, 0.4) is 0 Å². The summed E-state index contributed by atoms with van der Waals surface area (Å²) in [6.07, 6.45) is 1.66. The summed E-state index contributed by atoms with van der Waals surface area (Å²) in [5, 5.41) is 4.85. The smallest absolute Gasteiger partial charge is 0.368 e. The molecule has 0 spiro atoms. The minimum Gasteiger partial charge on any atom is -0.493 e. The number of nitrogens with zero attached hydrogens (tertiary/aromatic N) is 1. The van der Waals surface area contributed by atoms with E-state index in [4.69, 9.17) is 37.5 Å². The molecule has 1 aliphatic heterocycles. The summed E-state index contributed by atoms with van der Waals surface area (Å²) >= 11 is 12.7. The van der Waals surface area contributed by atoms with Gasteiger partial charge < -0.3 is 14.3 Å². The van der Waals surface area contributed by atoms with Gasteiger partial charge in [0.2, 0.25) is 0 Å². The first-order chi connectivity index (χ1) is 15.1. The molecule has 1 aliphatic rings. The van der Waals surface area contributed by atoms with Gasteiger partial charge in [0.25, 0.3) is 0 Å². The van der Waals surface area contributed by atoms with E-state index in [9.17, 15) is 4.79 Å². The summed E-state index contributed by atoms with van der Waals surface area (Å²) in [6, 6.07) is 20.1. The third-order valence-electron chi connectivity index (χ3n) is 4.63. The van der Waals surface area contributed by atoms with Crippen molar-refractivity contribution in [1.82, 2.24) is 0 Å². The van der Waals surface area contributed by atoms with Crippen LogP contribution in [0.5, 0.6) is 11.5 Å². The average molecular weight is 454 g/mol. The largest absolute Gasteiger partial charge is 0.493 e. The second-order valence-corrected chi connectivity index (χ2v) is 7.47. The SMILES string of the molecule is COc1cc(/C=C2\C(=O)ON=C2c2ccccc2)cc(Cl)c1OCc1ccccc1Cl. The number of rotatable bonds is 6. The van der Waals surface area contributed by atoms with Crippen LogP contribution in [0.2, 0.25) is 10.0 Å².